The van der Waals surface area contributed by atoms with Crippen molar-refractivity contribution in [3.8, 4) is 17.0 Å². The average molecular weight is 563 g/mol. The van der Waals surface area contributed by atoms with Crippen molar-refractivity contribution >= 4 is 28.9 Å². The molecule has 0 unspecified atom stereocenters. The molecule has 2 aromatic carbocycles. The Morgan fingerprint density at radius 3 is 2.56 bits per heavy atom. The fraction of sp³-hybridized carbons (Fsp3) is 0.452. The molecular weight excluding hydrogens is 526 g/mol. The number of carbonyl (C=O) groups is 1. The van der Waals surface area contributed by atoms with Crippen LogP contribution >= 0.6 is 0 Å². The summed E-state index contributed by atoms with van der Waals surface area (Å²) < 4.78 is 35.7. The third-order valence-electron chi connectivity index (χ3n) is 8.36. The van der Waals surface area contributed by atoms with Gasteiger partial charge >= 0.3 is 0 Å². The molecule has 0 spiro atoms. The summed E-state index contributed by atoms with van der Waals surface area (Å²) in [5.41, 5.74) is 3.68. The summed E-state index contributed by atoms with van der Waals surface area (Å²) in [5.74, 6) is -0.336. The molecule has 0 bridgehead atoms. The molecule has 41 heavy (non-hydrogen) atoms. The Bertz CT molecular complexity index is 1460. The van der Waals surface area contributed by atoms with Crippen molar-refractivity contribution < 1.29 is 18.3 Å². The van der Waals surface area contributed by atoms with Crippen LogP contribution in [0.5, 0.6) is 5.75 Å². The zero-order valence-electron chi connectivity index (χ0n) is 23.8. The largest absolute Gasteiger partial charge is 0.486 e. The Kier molecular flexibility index (Phi) is 7.50. The Morgan fingerprint density at radius 1 is 1.02 bits per heavy atom. The molecule has 3 aliphatic heterocycles. The van der Waals surface area contributed by atoms with Gasteiger partial charge in [0.2, 0.25) is 11.9 Å². The van der Waals surface area contributed by atoms with E-state index in [1.165, 1.54) is 11.6 Å². The van der Waals surface area contributed by atoms with Gasteiger partial charge in [-0.25, -0.2) is 18.7 Å². The van der Waals surface area contributed by atoms with Gasteiger partial charge in [-0.3, -0.25) is 4.79 Å². The van der Waals surface area contributed by atoms with Crippen molar-refractivity contribution in [1.82, 2.24) is 14.9 Å². The van der Waals surface area contributed by atoms with E-state index < -0.39 is 11.6 Å². The van der Waals surface area contributed by atoms with Gasteiger partial charge in [-0.1, -0.05) is 6.07 Å². The maximum Gasteiger partial charge on any atom is 0.227 e. The molecule has 216 valence electrons. The highest BCUT2D eigenvalue weighted by Gasteiger charge is 2.29. The van der Waals surface area contributed by atoms with Gasteiger partial charge in [-0.15, -0.1) is 0 Å². The number of fused-ring (bicyclic) bond motifs is 1. The summed E-state index contributed by atoms with van der Waals surface area (Å²) in [5, 5.41) is 3.20. The van der Waals surface area contributed by atoms with E-state index in [9.17, 15) is 4.79 Å². The number of ether oxygens (including phenoxy) is 1. The number of halogens is 2. The van der Waals surface area contributed by atoms with Crippen LogP contribution < -0.4 is 19.9 Å². The number of likely N-dealkylation sites (tertiary alicyclic amines) is 1. The molecule has 1 aromatic heterocycles. The highest BCUT2D eigenvalue weighted by molar-refractivity contribution is 5.96. The minimum Gasteiger partial charge on any atom is -0.486 e. The maximum atomic E-state index is 15.1. The fourth-order valence-corrected chi connectivity index (χ4v) is 6.16. The number of hydrogen-bond acceptors (Lipinski definition) is 7. The van der Waals surface area contributed by atoms with Crippen LogP contribution in [0, 0.1) is 11.6 Å². The molecule has 0 atom stereocenters. The number of rotatable bonds is 6. The molecule has 2 saturated heterocycles. The zero-order chi connectivity index (χ0) is 28.7. The predicted molar refractivity (Wildman–Crippen MR) is 156 cm³/mol. The van der Waals surface area contributed by atoms with Crippen molar-refractivity contribution in [2.75, 3.05) is 55.0 Å². The van der Waals surface area contributed by atoms with Gasteiger partial charge in [0.15, 0.2) is 17.4 Å². The molecule has 6 rings (SSSR count). The number of anilines is 4. The lowest BCUT2D eigenvalue weighted by molar-refractivity contribution is -0.117. The normalized spacial score (nSPS) is 18.1. The van der Waals surface area contributed by atoms with E-state index >= 15 is 8.78 Å². The van der Waals surface area contributed by atoms with E-state index in [-0.39, 0.29) is 29.3 Å². The molecule has 2 fully saturated rings. The second kappa shape index (κ2) is 11.2. The minimum absolute atomic E-state index is 0.00336. The lowest BCUT2D eigenvalue weighted by atomic mass is 9.88. The van der Waals surface area contributed by atoms with E-state index in [4.69, 9.17) is 4.74 Å². The zero-order valence-corrected chi connectivity index (χ0v) is 23.8. The number of nitrogens with zero attached hydrogens (tertiary/aromatic N) is 5. The van der Waals surface area contributed by atoms with Crippen molar-refractivity contribution in [2.24, 2.45) is 0 Å². The van der Waals surface area contributed by atoms with Crippen molar-refractivity contribution in [1.29, 1.82) is 0 Å². The summed E-state index contributed by atoms with van der Waals surface area (Å²) in [6.07, 6.45) is 4.56. The van der Waals surface area contributed by atoms with Crippen LogP contribution in [-0.2, 0) is 4.79 Å². The Balaban J connectivity index is 1.33. The van der Waals surface area contributed by atoms with Crippen LogP contribution in [0.25, 0.3) is 11.3 Å². The number of carbonyl (C=O) groups excluding carboxylic acids is 1. The second-order valence-electron chi connectivity index (χ2n) is 11.5. The molecule has 0 aliphatic carbocycles. The molecule has 4 heterocycles. The number of amides is 1. The van der Waals surface area contributed by atoms with Crippen molar-refractivity contribution in [3.05, 3.63) is 53.7 Å². The first kappa shape index (κ1) is 27.4. The third-order valence-corrected chi connectivity index (χ3v) is 8.36. The lowest BCUT2D eigenvalue weighted by Crippen LogP contribution is -2.38. The van der Waals surface area contributed by atoms with Crippen LogP contribution in [0.2, 0.25) is 0 Å². The molecule has 10 heteroatoms. The SMILES string of the molecule is CC(C)N1CCOc2c(F)cc(-c3nc(Nc4ccc(C5CCN(C)CC5)c(N5CCCC5=O)c4)ncc3F)cc21. The average Bonchev–Trinajstić information content (AvgIpc) is 3.39. The molecule has 1 amide bonds. The fourth-order valence-electron chi connectivity index (χ4n) is 6.16. The minimum atomic E-state index is -0.649. The Labute approximate surface area is 239 Å². The Hall–Kier alpha value is -3.79. The van der Waals surface area contributed by atoms with Gasteiger partial charge in [0, 0.05) is 35.9 Å². The Morgan fingerprint density at radius 2 is 1.83 bits per heavy atom. The van der Waals surface area contributed by atoms with Gasteiger partial charge in [0.05, 0.1) is 18.4 Å². The molecule has 1 N–H and O–H groups in total. The first-order valence-corrected chi connectivity index (χ1v) is 14.4. The third kappa shape index (κ3) is 5.45. The molecule has 0 saturated carbocycles. The molecular formula is C31H36F2N6O2. The molecule has 3 aromatic rings. The second-order valence-corrected chi connectivity index (χ2v) is 11.5. The molecule has 3 aliphatic rings. The van der Waals surface area contributed by atoms with E-state index in [1.807, 2.05) is 35.8 Å². The monoisotopic (exact) mass is 562 g/mol. The molecule has 8 nitrogen and oxygen atoms in total. The van der Waals surface area contributed by atoms with Crippen molar-refractivity contribution in [3.63, 3.8) is 0 Å². The number of benzene rings is 2. The first-order valence-electron chi connectivity index (χ1n) is 14.4. The molecule has 0 radical (unpaired) electrons. The van der Waals surface area contributed by atoms with Crippen LogP contribution in [0.3, 0.4) is 0 Å². The van der Waals surface area contributed by atoms with Gasteiger partial charge in [-0.2, -0.15) is 0 Å². The van der Waals surface area contributed by atoms with Crippen LogP contribution in [-0.4, -0.2) is 66.7 Å². The van der Waals surface area contributed by atoms with Gasteiger partial charge in [0.25, 0.3) is 0 Å². The highest BCUT2D eigenvalue weighted by Crippen LogP contribution is 2.40. The maximum absolute atomic E-state index is 15.1. The number of piperidine rings is 1. The quantitative estimate of drug-likeness (QED) is 0.413. The van der Waals surface area contributed by atoms with Gasteiger partial charge in [-0.05, 0) is 89.0 Å². The van der Waals surface area contributed by atoms with E-state index in [1.54, 1.807) is 6.07 Å². The smallest absolute Gasteiger partial charge is 0.227 e. The van der Waals surface area contributed by atoms with Crippen molar-refractivity contribution in [2.45, 2.75) is 51.5 Å². The van der Waals surface area contributed by atoms with E-state index in [0.717, 1.165) is 44.2 Å². The van der Waals surface area contributed by atoms with E-state index in [0.29, 0.717) is 49.0 Å². The lowest BCUT2D eigenvalue weighted by Gasteiger charge is -2.34. The first-order chi connectivity index (χ1) is 19.8. The summed E-state index contributed by atoms with van der Waals surface area (Å²) in [6.45, 7) is 7.79. The van der Waals surface area contributed by atoms with Crippen LogP contribution in [0.4, 0.5) is 31.8 Å². The summed E-state index contributed by atoms with van der Waals surface area (Å²) in [6, 6.07) is 9.11. The van der Waals surface area contributed by atoms with Gasteiger partial charge < -0.3 is 24.8 Å². The number of hydrogen-bond donors (Lipinski definition) is 1. The summed E-state index contributed by atoms with van der Waals surface area (Å²) >= 11 is 0. The standard InChI is InChI=1S/C31H36F2N6O2/c1-19(2)38-13-14-41-30-24(32)15-21(16-27(30)38)29-25(33)18-34-31(36-29)35-22-6-7-23(20-8-11-37(3)12-9-20)26(17-22)39-10-4-5-28(39)40/h6-7,15-20H,4-5,8-14H2,1-3H3,(H,34,35,36). The summed E-state index contributed by atoms with van der Waals surface area (Å²) in [7, 11) is 2.14. The van der Waals surface area contributed by atoms with Crippen LogP contribution in [0.1, 0.15) is 51.0 Å². The van der Waals surface area contributed by atoms with E-state index in [2.05, 4.69) is 33.3 Å². The summed E-state index contributed by atoms with van der Waals surface area (Å²) in [4.78, 5) is 27.6. The number of nitrogens with one attached hydrogen (secondary N) is 1. The highest BCUT2D eigenvalue weighted by atomic mass is 19.1. The topological polar surface area (TPSA) is 73.8 Å². The van der Waals surface area contributed by atoms with Gasteiger partial charge in [0.1, 0.15) is 12.3 Å². The number of aromatic nitrogens is 2. The predicted octanol–water partition coefficient (Wildman–Crippen LogP) is 5.71. The van der Waals surface area contributed by atoms with Crippen LogP contribution in [0.15, 0.2) is 36.5 Å².